The number of nitrogens with zero attached hydrogens (tertiary/aromatic N) is 5. The van der Waals surface area contributed by atoms with E-state index in [-0.39, 0.29) is 31.3 Å². The maximum atomic E-state index is 11.5. The molecule has 1 aliphatic rings. The average molecular weight is 350 g/mol. The Hall–Kier alpha value is -2.99. The van der Waals surface area contributed by atoms with E-state index in [0.717, 1.165) is 0 Å². The molecule has 0 unspecified atom stereocenters. The fourth-order valence-corrected chi connectivity index (χ4v) is 2.49. The van der Waals surface area contributed by atoms with Gasteiger partial charge in [-0.1, -0.05) is 0 Å². The van der Waals surface area contributed by atoms with Crippen molar-refractivity contribution in [1.29, 1.82) is 0 Å². The van der Waals surface area contributed by atoms with Crippen molar-refractivity contribution in [3.8, 4) is 0 Å². The summed E-state index contributed by atoms with van der Waals surface area (Å²) < 4.78 is 12.4. The Bertz CT molecular complexity index is 802. The molecule has 0 bridgehead atoms. The van der Waals surface area contributed by atoms with Gasteiger partial charge in [0.25, 0.3) is 0 Å². The largest absolute Gasteiger partial charge is 0.461 e. The molecule has 0 saturated carbocycles. The minimum absolute atomic E-state index is 0.125. The molecule has 3 atom stereocenters. The van der Waals surface area contributed by atoms with Crippen molar-refractivity contribution in [2.75, 3.05) is 18.9 Å². The second kappa shape index (κ2) is 6.86. The third-order valence-corrected chi connectivity index (χ3v) is 3.70. The van der Waals surface area contributed by atoms with E-state index in [0.29, 0.717) is 11.2 Å². The van der Waals surface area contributed by atoms with Gasteiger partial charge < -0.3 is 31.8 Å². The van der Waals surface area contributed by atoms with Crippen molar-refractivity contribution in [2.45, 2.75) is 24.9 Å². The maximum Gasteiger partial charge on any atom is 0.327 e. The molecule has 134 valence electrons. The smallest absolute Gasteiger partial charge is 0.327 e. The van der Waals surface area contributed by atoms with E-state index >= 15 is 0 Å². The van der Waals surface area contributed by atoms with Crippen LogP contribution < -0.4 is 17.2 Å². The van der Waals surface area contributed by atoms with Gasteiger partial charge in [-0.05, 0) is 0 Å². The fourth-order valence-electron chi connectivity index (χ4n) is 2.49. The Morgan fingerprint density at radius 2 is 2.24 bits per heavy atom. The maximum absolute atomic E-state index is 11.5. The number of nitrogens with two attached hydrogens (primary N) is 3. The minimum atomic E-state index is -0.822. The molecule has 2 aromatic heterocycles. The van der Waals surface area contributed by atoms with Crippen LogP contribution in [0, 0.1) is 0 Å². The molecule has 2 aromatic rings. The third kappa shape index (κ3) is 3.59. The Balaban J connectivity index is 1.64. The number of hydrogen-bond acceptors (Lipinski definition) is 9. The van der Waals surface area contributed by atoms with Crippen LogP contribution in [-0.4, -0.2) is 61.9 Å². The van der Waals surface area contributed by atoms with Crippen molar-refractivity contribution in [3.05, 3.63) is 12.7 Å². The number of carbonyl (C=O) groups excluding carboxylic acids is 1. The summed E-state index contributed by atoms with van der Waals surface area (Å²) >= 11 is 0. The van der Waals surface area contributed by atoms with Gasteiger partial charge in [-0.15, -0.1) is 0 Å². The van der Waals surface area contributed by atoms with Crippen LogP contribution in [0.5, 0.6) is 0 Å². The number of fused-ring (bicyclic) bond motifs is 1. The number of aliphatic hydroxyl groups is 1. The fraction of sp³-hybridized carbons (Fsp3) is 0.462. The molecule has 0 radical (unpaired) electrons. The zero-order valence-corrected chi connectivity index (χ0v) is 13.1. The molecular weight excluding hydrogens is 332 g/mol. The molecule has 3 rings (SSSR count). The van der Waals surface area contributed by atoms with Crippen LogP contribution in [0.25, 0.3) is 11.2 Å². The zero-order valence-electron chi connectivity index (χ0n) is 13.1. The number of aliphatic hydroxyl groups excluding tert-OH is 1. The molecular formula is C13H18N8O4. The standard InChI is InChI=1S/C13H18N8O4/c14-11-10-12(19-4-18-11)21(5-20-10)8-1-6(22)7(25-8)3-24-9(23)2-17-13(15)16/h4-8,22H,1-3H2,(H2,14,18,19)(H4,15,16,17)/t6-,7+,8-/m1/s1. The summed E-state index contributed by atoms with van der Waals surface area (Å²) in [5, 5.41) is 10.1. The number of aliphatic imine (C=N–C) groups is 1. The molecule has 7 N–H and O–H groups in total. The first-order valence-electron chi connectivity index (χ1n) is 7.43. The third-order valence-electron chi connectivity index (χ3n) is 3.70. The first kappa shape index (κ1) is 16.9. The number of guanidine groups is 1. The lowest BCUT2D eigenvalue weighted by Crippen LogP contribution is -2.29. The second-order valence-corrected chi connectivity index (χ2v) is 5.44. The molecule has 0 aliphatic carbocycles. The summed E-state index contributed by atoms with van der Waals surface area (Å²) in [5.74, 6) is -0.573. The number of carbonyl (C=O) groups is 1. The predicted molar refractivity (Wildman–Crippen MR) is 85.9 cm³/mol. The highest BCUT2D eigenvalue weighted by atomic mass is 16.6. The van der Waals surface area contributed by atoms with Gasteiger partial charge >= 0.3 is 5.97 Å². The number of anilines is 1. The van der Waals surface area contributed by atoms with Gasteiger partial charge in [-0.25, -0.2) is 19.9 Å². The van der Waals surface area contributed by atoms with Gasteiger partial charge in [0.05, 0.1) is 12.4 Å². The number of ether oxygens (including phenoxy) is 2. The SMILES string of the molecule is NC(N)=NCC(=O)OC[C@@H]1O[C@@H](n2cnc3c(N)ncnc32)C[C@H]1O. The summed E-state index contributed by atoms with van der Waals surface area (Å²) in [6.07, 6.45) is 1.09. The molecule has 1 saturated heterocycles. The number of esters is 1. The molecule has 12 heteroatoms. The van der Waals surface area contributed by atoms with Crippen LogP contribution in [0.3, 0.4) is 0 Å². The van der Waals surface area contributed by atoms with E-state index < -0.39 is 24.4 Å². The van der Waals surface area contributed by atoms with Crippen LogP contribution in [0.15, 0.2) is 17.6 Å². The van der Waals surface area contributed by atoms with Crippen LogP contribution in [0.1, 0.15) is 12.6 Å². The van der Waals surface area contributed by atoms with Crippen molar-refractivity contribution in [3.63, 3.8) is 0 Å². The second-order valence-electron chi connectivity index (χ2n) is 5.44. The molecule has 25 heavy (non-hydrogen) atoms. The van der Waals surface area contributed by atoms with E-state index in [2.05, 4.69) is 19.9 Å². The Kier molecular flexibility index (Phi) is 4.63. The Labute approximate surface area is 141 Å². The lowest BCUT2D eigenvalue weighted by atomic mass is 10.2. The van der Waals surface area contributed by atoms with Gasteiger partial charge in [-0.2, -0.15) is 0 Å². The van der Waals surface area contributed by atoms with E-state index in [1.807, 2.05) is 0 Å². The highest BCUT2D eigenvalue weighted by Crippen LogP contribution is 2.31. The first-order chi connectivity index (χ1) is 12.0. The topological polar surface area (TPSA) is 190 Å². The van der Waals surface area contributed by atoms with Gasteiger partial charge in [0.2, 0.25) is 0 Å². The van der Waals surface area contributed by atoms with Gasteiger partial charge in [0.1, 0.15) is 37.3 Å². The predicted octanol–water partition coefficient (Wildman–Crippen LogP) is -2.13. The molecule has 0 amide bonds. The number of aromatic nitrogens is 4. The Morgan fingerprint density at radius 1 is 1.44 bits per heavy atom. The lowest BCUT2D eigenvalue weighted by Gasteiger charge is -2.15. The van der Waals surface area contributed by atoms with Crippen LogP contribution in [0.2, 0.25) is 0 Å². The van der Waals surface area contributed by atoms with Crippen molar-refractivity contribution < 1.29 is 19.4 Å². The molecule has 1 fully saturated rings. The van der Waals surface area contributed by atoms with E-state index in [9.17, 15) is 9.90 Å². The summed E-state index contributed by atoms with van der Waals surface area (Å²) in [4.78, 5) is 27.2. The monoisotopic (exact) mass is 350 g/mol. The van der Waals surface area contributed by atoms with Crippen molar-refractivity contribution >= 4 is 28.9 Å². The summed E-state index contributed by atoms with van der Waals surface area (Å²) in [5.41, 5.74) is 17.0. The Morgan fingerprint density at radius 3 is 3.00 bits per heavy atom. The molecule has 0 spiro atoms. The summed E-state index contributed by atoms with van der Waals surface area (Å²) in [6, 6.07) is 0. The number of imidazole rings is 1. The summed E-state index contributed by atoms with van der Waals surface area (Å²) in [7, 11) is 0. The minimum Gasteiger partial charge on any atom is -0.461 e. The first-order valence-corrected chi connectivity index (χ1v) is 7.43. The van der Waals surface area contributed by atoms with Crippen LogP contribution in [-0.2, 0) is 14.3 Å². The molecule has 1 aliphatic heterocycles. The number of nitrogen functional groups attached to an aromatic ring is 1. The quantitative estimate of drug-likeness (QED) is 0.263. The highest BCUT2D eigenvalue weighted by molar-refractivity contribution is 5.81. The molecule has 3 heterocycles. The number of rotatable bonds is 5. The van der Waals surface area contributed by atoms with E-state index in [1.54, 1.807) is 4.57 Å². The highest BCUT2D eigenvalue weighted by Gasteiger charge is 2.36. The van der Waals surface area contributed by atoms with Gasteiger partial charge in [-0.3, -0.25) is 9.36 Å². The van der Waals surface area contributed by atoms with Crippen molar-refractivity contribution in [1.82, 2.24) is 19.5 Å². The van der Waals surface area contributed by atoms with E-state index in [4.69, 9.17) is 26.7 Å². The van der Waals surface area contributed by atoms with Gasteiger partial charge in [0.15, 0.2) is 17.4 Å². The molecule has 0 aromatic carbocycles. The summed E-state index contributed by atoms with van der Waals surface area (Å²) in [6.45, 7) is -0.419. The van der Waals surface area contributed by atoms with Gasteiger partial charge in [0, 0.05) is 6.42 Å². The van der Waals surface area contributed by atoms with E-state index in [1.165, 1.54) is 12.7 Å². The molecule has 12 nitrogen and oxygen atoms in total. The van der Waals surface area contributed by atoms with Crippen LogP contribution in [0.4, 0.5) is 5.82 Å². The van der Waals surface area contributed by atoms with Crippen molar-refractivity contribution in [2.24, 2.45) is 16.5 Å². The average Bonchev–Trinajstić information content (AvgIpc) is 3.15. The lowest BCUT2D eigenvalue weighted by molar-refractivity contribution is -0.148. The number of hydrogen-bond donors (Lipinski definition) is 4. The normalized spacial score (nSPS) is 22.8. The van der Waals surface area contributed by atoms with Crippen LogP contribution >= 0.6 is 0 Å². The zero-order chi connectivity index (χ0) is 18.0.